The summed E-state index contributed by atoms with van der Waals surface area (Å²) in [5.74, 6) is 7.60. The average molecular weight is 265 g/mol. The number of amides is 1. The molecule has 1 aromatic carbocycles. The molecule has 1 amide bonds. The second-order valence-electron chi connectivity index (χ2n) is 4.58. The van der Waals surface area contributed by atoms with Gasteiger partial charge in [-0.25, -0.2) is 0 Å². The van der Waals surface area contributed by atoms with Gasteiger partial charge in [0.25, 0.3) is 5.91 Å². The first-order valence-corrected chi connectivity index (χ1v) is 7.32. The van der Waals surface area contributed by atoms with E-state index in [0.717, 1.165) is 17.7 Å². The molecule has 98 valence electrons. The van der Waals surface area contributed by atoms with E-state index in [4.69, 9.17) is 5.84 Å². The lowest BCUT2D eigenvalue weighted by Crippen LogP contribution is -2.38. The molecule has 2 rings (SSSR count). The van der Waals surface area contributed by atoms with Crippen LogP contribution in [0.25, 0.3) is 0 Å². The molecule has 18 heavy (non-hydrogen) atoms. The van der Waals surface area contributed by atoms with Gasteiger partial charge in [-0.2, -0.15) is 11.8 Å². The molecule has 1 saturated heterocycles. The van der Waals surface area contributed by atoms with Crippen molar-refractivity contribution in [1.29, 1.82) is 0 Å². The molecule has 1 aliphatic rings. The van der Waals surface area contributed by atoms with Gasteiger partial charge >= 0.3 is 0 Å². The predicted octanol–water partition coefficient (Wildman–Crippen LogP) is 1.91. The van der Waals surface area contributed by atoms with E-state index in [2.05, 4.69) is 10.7 Å². The minimum Gasteiger partial charge on any atom is -0.348 e. The third kappa shape index (κ3) is 3.17. The van der Waals surface area contributed by atoms with Crippen LogP contribution in [0, 0.1) is 6.92 Å². The molecule has 1 aliphatic heterocycles. The van der Waals surface area contributed by atoms with Gasteiger partial charge < -0.3 is 10.7 Å². The molecule has 0 saturated carbocycles. The largest absolute Gasteiger partial charge is 0.348 e. The minimum atomic E-state index is -0.0425. The average Bonchev–Trinajstić information content (AvgIpc) is 2.40. The number of thioether (sulfide) groups is 1. The number of hydrazine groups is 1. The van der Waals surface area contributed by atoms with Crippen molar-refractivity contribution in [1.82, 2.24) is 5.32 Å². The van der Waals surface area contributed by atoms with Gasteiger partial charge in [0.2, 0.25) is 0 Å². The zero-order valence-electron chi connectivity index (χ0n) is 10.5. The number of hydrogen-bond acceptors (Lipinski definition) is 4. The maximum atomic E-state index is 12.2. The van der Waals surface area contributed by atoms with Crippen LogP contribution in [0.5, 0.6) is 0 Å². The van der Waals surface area contributed by atoms with E-state index >= 15 is 0 Å². The summed E-state index contributed by atoms with van der Waals surface area (Å²) < 4.78 is 0. The van der Waals surface area contributed by atoms with Gasteiger partial charge in [-0.3, -0.25) is 10.6 Å². The van der Waals surface area contributed by atoms with E-state index in [1.165, 1.54) is 12.2 Å². The zero-order valence-corrected chi connectivity index (χ0v) is 11.3. The Morgan fingerprint density at radius 1 is 1.50 bits per heavy atom. The van der Waals surface area contributed by atoms with E-state index < -0.39 is 0 Å². The molecule has 1 fully saturated rings. The Balaban J connectivity index is 2.09. The SMILES string of the molecule is Cc1ccc(NN)c(C(=O)NC2CCCSC2)c1. The number of nitrogen functional groups attached to an aromatic ring is 1. The van der Waals surface area contributed by atoms with E-state index in [9.17, 15) is 4.79 Å². The monoisotopic (exact) mass is 265 g/mol. The van der Waals surface area contributed by atoms with Gasteiger partial charge in [0.05, 0.1) is 11.3 Å². The fourth-order valence-electron chi connectivity index (χ4n) is 2.09. The van der Waals surface area contributed by atoms with Crippen LogP contribution in [0.15, 0.2) is 18.2 Å². The van der Waals surface area contributed by atoms with E-state index in [1.54, 1.807) is 0 Å². The topological polar surface area (TPSA) is 67.1 Å². The number of anilines is 1. The fourth-order valence-corrected chi connectivity index (χ4v) is 3.16. The highest BCUT2D eigenvalue weighted by Gasteiger charge is 2.18. The first kappa shape index (κ1) is 13.2. The Bertz CT molecular complexity index is 430. The van der Waals surface area contributed by atoms with Gasteiger partial charge in [-0.15, -0.1) is 0 Å². The molecular formula is C13H19N3OS. The van der Waals surface area contributed by atoms with E-state index in [1.807, 2.05) is 36.9 Å². The van der Waals surface area contributed by atoms with Crippen LogP contribution in [0.4, 0.5) is 5.69 Å². The van der Waals surface area contributed by atoms with Crippen molar-refractivity contribution in [2.24, 2.45) is 5.84 Å². The maximum absolute atomic E-state index is 12.2. The molecule has 0 aliphatic carbocycles. The lowest BCUT2D eigenvalue weighted by molar-refractivity contribution is 0.0939. The van der Waals surface area contributed by atoms with Crippen molar-refractivity contribution in [3.8, 4) is 0 Å². The number of carbonyl (C=O) groups excluding carboxylic acids is 1. The van der Waals surface area contributed by atoms with Crippen LogP contribution >= 0.6 is 11.8 Å². The highest BCUT2D eigenvalue weighted by Crippen LogP contribution is 2.20. The summed E-state index contributed by atoms with van der Waals surface area (Å²) in [6.07, 6.45) is 2.24. The number of benzene rings is 1. The van der Waals surface area contributed by atoms with Crippen LogP contribution < -0.4 is 16.6 Å². The summed E-state index contributed by atoms with van der Waals surface area (Å²) in [6, 6.07) is 5.91. The second-order valence-corrected chi connectivity index (χ2v) is 5.73. The minimum absolute atomic E-state index is 0.0425. The Kier molecular flexibility index (Phi) is 4.49. The highest BCUT2D eigenvalue weighted by molar-refractivity contribution is 7.99. The van der Waals surface area contributed by atoms with Gasteiger partial charge in [0.1, 0.15) is 0 Å². The summed E-state index contributed by atoms with van der Waals surface area (Å²) in [4.78, 5) is 12.2. The Labute approximate surface area is 112 Å². The third-order valence-electron chi connectivity index (χ3n) is 3.07. The van der Waals surface area contributed by atoms with Crippen LogP contribution in [-0.4, -0.2) is 23.5 Å². The molecule has 0 bridgehead atoms. The lowest BCUT2D eigenvalue weighted by atomic mass is 10.1. The lowest BCUT2D eigenvalue weighted by Gasteiger charge is -2.23. The number of nitrogens with one attached hydrogen (secondary N) is 2. The molecule has 1 heterocycles. The van der Waals surface area contributed by atoms with Crippen LogP contribution in [0.3, 0.4) is 0 Å². The van der Waals surface area contributed by atoms with Crippen molar-refractivity contribution in [3.05, 3.63) is 29.3 Å². The summed E-state index contributed by atoms with van der Waals surface area (Å²) >= 11 is 1.90. The van der Waals surface area contributed by atoms with Crippen molar-refractivity contribution < 1.29 is 4.79 Å². The Morgan fingerprint density at radius 2 is 2.33 bits per heavy atom. The summed E-state index contributed by atoms with van der Waals surface area (Å²) in [7, 11) is 0. The summed E-state index contributed by atoms with van der Waals surface area (Å²) in [5.41, 5.74) is 4.91. The van der Waals surface area contributed by atoms with Crippen molar-refractivity contribution >= 4 is 23.4 Å². The molecule has 0 radical (unpaired) electrons. The predicted molar refractivity (Wildman–Crippen MR) is 76.8 cm³/mol. The number of aryl methyl sites for hydroxylation is 1. The fraction of sp³-hybridized carbons (Fsp3) is 0.462. The van der Waals surface area contributed by atoms with Gasteiger partial charge in [-0.1, -0.05) is 11.6 Å². The number of rotatable bonds is 3. The molecule has 4 nitrogen and oxygen atoms in total. The molecule has 0 aromatic heterocycles. The molecule has 1 unspecified atom stereocenters. The number of hydrogen-bond donors (Lipinski definition) is 3. The standard InChI is InChI=1S/C13H19N3OS/c1-9-4-5-12(16-14)11(7-9)13(17)15-10-3-2-6-18-8-10/h4-5,7,10,16H,2-3,6,8,14H2,1H3,(H,15,17). The maximum Gasteiger partial charge on any atom is 0.253 e. The number of nitrogens with two attached hydrogens (primary N) is 1. The summed E-state index contributed by atoms with van der Waals surface area (Å²) in [6.45, 7) is 1.97. The van der Waals surface area contributed by atoms with Crippen LogP contribution in [-0.2, 0) is 0 Å². The smallest absolute Gasteiger partial charge is 0.253 e. The quantitative estimate of drug-likeness (QED) is 0.577. The normalized spacial score (nSPS) is 19.3. The highest BCUT2D eigenvalue weighted by atomic mass is 32.2. The Morgan fingerprint density at radius 3 is 3.00 bits per heavy atom. The molecular weight excluding hydrogens is 246 g/mol. The summed E-state index contributed by atoms with van der Waals surface area (Å²) in [5, 5.41) is 3.08. The third-order valence-corrected chi connectivity index (χ3v) is 4.29. The molecule has 1 aromatic rings. The van der Waals surface area contributed by atoms with Crippen molar-refractivity contribution in [2.45, 2.75) is 25.8 Å². The second kappa shape index (κ2) is 6.11. The molecule has 1 atom stereocenters. The molecule has 5 heteroatoms. The van der Waals surface area contributed by atoms with Gasteiger partial charge in [0.15, 0.2) is 0 Å². The van der Waals surface area contributed by atoms with Crippen LogP contribution in [0.1, 0.15) is 28.8 Å². The van der Waals surface area contributed by atoms with Gasteiger partial charge in [-0.05, 0) is 37.7 Å². The first-order chi connectivity index (χ1) is 8.70. The Hall–Kier alpha value is -1.20. The molecule has 4 N–H and O–H groups in total. The first-order valence-electron chi connectivity index (χ1n) is 6.16. The van der Waals surface area contributed by atoms with E-state index in [-0.39, 0.29) is 11.9 Å². The molecule has 0 spiro atoms. The van der Waals surface area contributed by atoms with Crippen LogP contribution in [0.2, 0.25) is 0 Å². The van der Waals surface area contributed by atoms with Crippen molar-refractivity contribution in [3.63, 3.8) is 0 Å². The zero-order chi connectivity index (χ0) is 13.0. The van der Waals surface area contributed by atoms with Gasteiger partial charge in [0, 0.05) is 11.8 Å². The van der Waals surface area contributed by atoms with Crippen molar-refractivity contribution in [2.75, 3.05) is 16.9 Å². The number of carbonyl (C=O) groups is 1. The van der Waals surface area contributed by atoms with E-state index in [0.29, 0.717) is 11.3 Å².